The van der Waals surface area contributed by atoms with Crippen molar-refractivity contribution in [1.82, 2.24) is 0 Å². The average Bonchev–Trinajstić information content (AvgIpc) is 2.54. The van der Waals surface area contributed by atoms with Crippen LogP contribution in [0.1, 0.15) is 35.7 Å². The van der Waals surface area contributed by atoms with Crippen molar-refractivity contribution in [2.75, 3.05) is 10.6 Å². The molecule has 0 aliphatic carbocycles. The molecule has 0 aliphatic rings. The number of unbranched alkanes of at least 4 members (excludes halogenated alkanes) is 1. The number of benzene rings is 2. The van der Waals surface area contributed by atoms with Crippen LogP contribution in [-0.4, -0.2) is 11.0 Å². The van der Waals surface area contributed by atoms with E-state index in [0.717, 1.165) is 12.1 Å². The molecule has 1 amide bonds. The number of carbonyl (C=O) groups excluding carboxylic acids is 1. The number of anilines is 2. The molecule has 0 saturated carbocycles. The highest BCUT2D eigenvalue weighted by atomic mass is 32.1. The first-order valence-electron chi connectivity index (χ1n) is 7.66. The van der Waals surface area contributed by atoms with Crippen LogP contribution in [0.3, 0.4) is 0 Å². The maximum absolute atomic E-state index is 11.4. The number of primary amides is 1. The Kier molecular flexibility index (Phi) is 6.11. The molecule has 2 rings (SSSR count). The molecule has 5 heteroatoms. The molecule has 0 aliphatic heterocycles. The van der Waals surface area contributed by atoms with Crippen molar-refractivity contribution in [3.8, 4) is 0 Å². The summed E-state index contributed by atoms with van der Waals surface area (Å²) in [4.78, 5) is 11.4. The summed E-state index contributed by atoms with van der Waals surface area (Å²) in [5.41, 5.74) is 8.58. The minimum atomic E-state index is -0.490. The van der Waals surface area contributed by atoms with Crippen molar-refractivity contribution in [2.45, 2.75) is 26.2 Å². The molecule has 0 atom stereocenters. The van der Waals surface area contributed by atoms with Crippen LogP contribution in [0.2, 0.25) is 0 Å². The van der Waals surface area contributed by atoms with Crippen LogP contribution in [0, 0.1) is 0 Å². The lowest BCUT2D eigenvalue weighted by Gasteiger charge is -2.13. The molecule has 0 spiro atoms. The second-order valence-electron chi connectivity index (χ2n) is 5.29. The molecule has 0 heterocycles. The summed E-state index contributed by atoms with van der Waals surface area (Å²) in [6.07, 6.45) is 3.47. The summed E-state index contributed by atoms with van der Waals surface area (Å²) in [7, 11) is 0. The van der Waals surface area contributed by atoms with Gasteiger partial charge in [0.2, 0.25) is 0 Å². The highest BCUT2D eigenvalue weighted by molar-refractivity contribution is 7.80. The third-order valence-corrected chi connectivity index (χ3v) is 3.68. The van der Waals surface area contributed by atoms with E-state index in [1.807, 2.05) is 18.2 Å². The van der Waals surface area contributed by atoms with Gasteiger partial charge < -0.3 is 16.4 Å². The van der Waals surface area contributed by atoms with E-state index in [1.165, 1.54) is 18.4 Å². The zero-order chi connectivity index (χ0) is 16.7. The molecule has 2 aromatic rings. The van der Waals surface area contributed by atoms with Gasteiger partial charge in [0.15, 0.2) is 5.11 Å². The number of nitrogens with one attached hydrogen (secondary N) is 2. The predicted octanol–water partition coefficient (Wildman–Crippen LogP) is 3.94. The van der Waals surface area contributed by atoms with Crippen molar-refractivity contribution in [3.05, 3.63) is 59.7 Å². The molecule has 0 radical (unpaired) electrons. The molecule has 0 fully saturated rings. The highest BCUT2D eigenvalue weighted by Gasteiger charge is 2.08. The lowest BCUT2D eigenvalue weighted by atomic mass is 10.1. The number of carbonyl (C=O) groups is 1. The minimum absolute atomic E-state index is 0.409. The number of nitrogens with two attached hydrogens (primary N) is 1. The Labute approximate surface area is 142 Å². The van der Waals surface area contributed by atoms with Crippen LogP contribution in [0.4, 0.5) is 11.4 Å². The molecule has 0 unspecified atom stereocenters. The first-order chi connectivity index (χ1) is 11.1. The summed E-state index contributed by atoms with van der Waals surface area (Å²) >= 11 is 5.29. The van der Waals surface area contributed by atoms with Gasteiger partial charge in [0, 0.05) is 5.69 Å². The fourth-order valence-electron chi connectivity index (χ4n) is 2.23. The van der Waals surface area contributed by atoms with Crippen LogP contribution in [-0.2, 0) is 6.42 Å². The van der Waals surface area contributed by atoms with Crippen LogP contribution in [0.5, 0.6) is 0 Å². The second kappa shape index (κ2) is 8.29. The van der Waals surface area contributed by atoms with Gasteiger partial charge in [-0.25, -0.2) is 0 Å². The van der Waals surface area contributed by atoms with Crippen molar-refractivity contribution in [1.29, 1.82) is 0 Å². The largest absolute Gasteiger partial charge is 0.366 e. The Morgan fingerprint density at radius 3 is 2.43 bits per heavy atom. The van der Waals surface area contributed by atoms with Crippen molar-refractivity contribution in [2.24, 2.45) is 5.73 Å². The van der Waals surface area contributed by atoms with Gasteiger partial charge in [-0.2, -0.15) is 0 Å². The maximum atomic E-state index is 11.4. The zero-order valence-corrected chi connectivity index (χ0v) is 14.0. The van der Waals surface area contributed by atoms with Crippen molar-refractivity contribution < 1.29 is 4.79 Å². The fraction of sp³-hybridized carbons (Fsp3) is 0.222. The molecule has 0 saturated heterocycles. The van der Waals surface area contributed by atoms with Gasteiger partial charge in [0.1, 0.15) is 0 Å². The number of amides is 1. The molecule has 0 aromatic heterocycles. The number of hydrogen-bond acceptors (Lipinski definition) is 2. The van der Waals surface area contributed by atoms with Gasteiger partial charge in [-0.15, -0.1) is 0 Å². The van der Waals surface area contributed by atoms with E-state index in [2.05, 4.69) is 29.7 Å². The van der Waals surface area contributed by atoms with E-state index in [4.69, 9.17) is 18.0 Å². The Morgan fingerprint density at radius 2 is 1.78 bits per heavy atom. The summed E-state index contributed by atoms with van der Waals surface area (Å²) in [5, 5.41) is 6.53. The van der Waals surface area contributed by atoms with Gasteiger partial charge in [0.25, 0.3) is 5.91 Å². The van der Waals surface area contributed by atoms with E-state index in [1.54, 1.807) is 18.2 Å². The van der Waals surface area contributed by atoms with Gasteiger partial charge >= 0.3 is 0 Å². The molecule has 0 bridgehead atoms. The Hall–Kier alpha value is -2.40. The quantitative estimate of drug-likeness (QED) is 0.703. The molecule has 120 valence electrons. The van der Waals surface area contributed by atoms with Crippen LogP contribution in [0.25, 0.3) is 0 Å². The number of para-hydroxylation sites is 1. The SMILES string of the molecule is CCCCc1ccc(NC(=S)Nc2ccccc2C(N)=O)cc1. The van der Waals surface area contributed by atoms with E-state index < -0.39 is 5.91 Å². The van der Waals surface area contributed by atoms with Gasteiger partial charge in [-0.1, -0.05) is 37.6 Å². The van der Waals surface area contributed by atoms with E-state index >= 15 is 0 Å². The average molecular weight is 327 g/mol. The van der Waals surface area contributed by atoms with E-state index in [0.29, 0.717) is 16.4 Å². The van der Waals surface area contributed by atoms with E-state index in [9.17, 15) is 4.79 Å². The smallest absolute Gasteiger partial charge is 0.250 e. The Balaban J connectivity index is 1.98. The van der Waals surface area contributed by atoms with Crippen LogP contribution in [0.15, 0.2) is 48.5 Å². The highest BCUT2D eigenvalue weighted by Crippen LogP contribution is 2.16. The molecule has 23 heavy (non-hydrogen) atoms. The minimum Gasteiger partial charge on any atom is -0.366 e. The number of hydrogen-bond donors (Lipinski definition) is 3. The van der Waals surface area contributed by atoms with Crippen molar-refractivity contribution in [3.63, 3.8) is 0 Å². The monoisotopic (exact) mass is 327 g/mol. The number of rotatable bonds is 6. The first kappa shape index (κ1) is 17.0. The maximum Gasteiger partial charge on any atom is 0.250 e. The van der Waals surface area contributed by atoms with Crippen LogP contribution >= 0.6 is 12.2 Å². The molecular formula is C18H21N3OS. The summed E-state index contributed by atoms with van der Waals surface area (Å²) in [5.74, 6) is -0.490. The van der Waals surface area contributed by atoms with Crippen LogP contribution < -0.4 is 16.4 Å². The topological polar surface area (TPSA) is 67.2 Å². The molecule has 2 aromatic carbocycles. The Morgan fingerprint density at radius 1 is 1.09 bits per heavy atom. The Bertz CT molecular complexity index is 683. The lowest BCUT2D eigenvalue weighted by Crippen LogP contribution is -2.22. The fourth-order valence-corrected chi connectivity index (χ4v) is 2.46. The predicted molar refractivity (Wildman–Crippen MR) is 99.9 cm³/mol. The van der Waals surface area contributed by atoms with Gasteiger partial charge in [-0.05, 0) is 54.9 Å². The standard InChI is InChI=1S/C18H21N3OS/c1-2-3-6-13-9-11-14(12-10-13)20-18(23)21-16-8-5-4-7-15(16)17(19)22/h4-5,7-12H,2-3,6H2,1H3,(H2,19,22)(H2,20,21,23). The molecular weight excluding hydrogens is 306 g/mol. The summed E-state index contributed by atoms with van der Waals surface area (Å²) in [6, 6.07) is 15.2. The van der Waals surface area contributed by atoms with Gasteiger partial charge in [0.05, 0.1) is 11.3 Å². The number of aryl methyl sites for hydroxylation is 1. The third kappa shape index (κ3) is 5.07. The number of thiocarbonyl (C=S) groups is 1. The lowest BCUT2D eigenvalue weighted by molar-refractivity contribution is 0.100. The summed E-state index contributed by atoms with van der Waals surface area (Å²) < 4.78 is 0. The first-order valence-corrected chi connectivity index (χ1v) is 8.06. The zero-order valence-electron chi connectivity index (χ0n) is 13.1. The van der Waals surface area contributed by atoms with Gasteiger partial charge in [-0.3, -0.25) is 4.79 Å². The van der Waals surface area contributed by atoms with Crippen molar-refractivity contribution >= 4 is 34.6 Å². The second-order valence-corrected chi connectivity index (χ2v) is 5.70. The summed E-state index contributed by atoms with van der Waals surface area (Å²) in [6.45, 7) is 2.18. The molecule has 4 N–H and O–H groups in total. The third-order valence-electron chi connectivity index (χ3n) is 3.47. The molecule has 4 nitrogen and oxygen atoms in total. The van der Waals surface area contributed by atoms with E-state index in [-0.39, 0.29) is 0 Å². The normalized spacial score (nSPS) is 10.1.